The van der Waals surface area contributed by atoms with E-state index in [2.05, 4.69) is 4.72 Å². The number of aliphatic carboxylic acids is 1. The maximum absolute atomic E-state index is 12.0. The summed E-state index contributed by atoms with van der Waals surface area (Å²) in [6, 6.07) is 0. The van der Waals surface area contributed by atoms with E-state index >= 15 is 0 Å². The zero-order valence-electron chi connectivity index (χ0n) is 10.8. The number of carbonyl (C=O) groups is 1. The summed E-state index contributed by atoms with van der Waals surface area (Å²) in [6.07, 6.45) is 0.167. The molecule has 1 rings (SSSR count). The second-order valence-corrected chi connectivity index (χ2v) is 6.53. The van der Waals surface area contributed by atoms with E-state index in [0.29, 0.717) is 13.0 Å². The predicted octanol–water partition coefficient (Wildman–Crippen LogP) is -0.205. The van der Waals surface area contributed by atoms with Gasteiger partial charge in [-0.05, 0) is 20.3 Å². The Labute approximate surface area is 107 Å². The highest BCUT2D eigenvalue weighted by molar-refractivity contribution is 7.87. The van der Waals surface area contributed by atoms with Crippen LogP contribution in [0.25, 0.3) is 0 Å². The van der Waals surface area contributed by atoms with Gasteiger partial charge in [-0.2, -0.15) is 17.4 Å². The van der Waals surface area contributed by atoms with E-state index in [-0.39, 0.29) is 19.1 Å². The van der Waals surface area contributed by atoms with Crippen LogP contribution >= 0.6 is 0 Å². The molecule has 0 amide bonds. The van der Waals surface area contributed by atoms with Gasteiger partial charge in [0.2, 0.25) is 0 Å². The second kappa shape index (κ2) is 5.52. The minimum atomic E-state index is -3.69. The molecule has 0 saturated carbocycles. The molecule has 8 heteroatoms. The van der Waals surface area contributed by atoms with Crippen LogP contribution in [0.5, 0.6) is 0 Å². The van der Waals surface area contributed by atoms with Gasteiger partial charge < -0.3 is 9.84 Å². The van der Waals surface area contributed by atoms with Crippen LogP contribution in [0.3, 0.4) is 0 Å². The number of carboxylic acids is 1. The highest BCUT2D eigenvalue weighted by Crippen LogP contribution is 2.26. The van der Waals surface area contributed by atoms with Crippen molar-refractivity contribution in [3.63, 3.8) is 0 Å². The van der Waals surface area contributed by atoms with Crippen LogP contribution in [0.2, 0.25) is 0 Å². The first kappa shape index (κ1) is 15.4. The Morgan fingerprint density at radius 2 is 2.22 bits per heavy atom. The summed E-state index contributed by atoms with van der Waals surface area (Å²) in [7, 11) is -2.33. The van der Waals surface area contributed by atoms with Gasteiger partial charge in [0.15, 0.2) is 0 Å². The molecule has 1 heterocycles. The van der Waals surface area contributed by atoms with E-state index < -0.39 is 21.7 Å². The van der Waals surface area contributed by atoms with Crippen molar-refractivity contribution in [2.75, 3.05) is 20.2 Å². The molecule has 1 fully saturated rings. The Morgan fingerprint density at radius 1 is 1.61 bits per heavy atom. The molecule has 2 atom stereocenters. The lowest BCUT2D eigenvalue weighted by Gasteiger charge is -2.30. The third-order valence-electron chi connectivity index (χ3n) is 3.30. The molecule has 0 bridgehead atoms. The standard InChI is InChI=1S/C10H20N2O5S/c1-8-10(2,5-7-17-8)11-18(15,16)12(3)6-4-9(13)14/h8,11H,4-7H2,1-3H3,(H,13,14). The molecule has 0 aromatic rings. The summed E-state index contributed by atoms with van der Waals surface area (Å²) in [5.74, 6) is -1.03. The maximum atomic E-state index is 12.0. The highest BCUT2D eigenvalue weighted by atomic mass is 32.2. The third-order valence-corrected chi connectivity index (χ3v) is 5.03. The summed E-state index contributed by atoms with van der Waals surface area (Å²) in [6.45, 7) is 4.05. The molecular weight excluding hydrogens is 260 g/mol. The van der Waals surface area contributed by atoms with Gasteiger partial charge >= 0.3 is 5.97 Å². The van der Waals surface area contributed by atoms with Crippen LogP contribution in [0, 0.1) is 0 Å². The Kier molecular flexibility index (Phi) is 4.71. The number of carboxylic acid groups (broad SMARTS) is 1. The fourth-order valence-electron chi connectivity index (χ4n) is 1.71. The van der Waals surface area contributed by atoms with E-state index in [1.54, 1.807) is 6.92 Å². The van der Waals surface area contributed by atoms with Crippen LogP contribution < -0.4 is 4.72 Å². The van der Waals surface area contributed by atoms with Crippen molar-refractivity contribution in [3.05, 3.63) is 0 Å². The van der Waals surface area contributed by atoms with Crippen LogP contribution in [-0.2, 0) is 19.7 Å². The molecule has 1 saturated heterocycles. The van der Waals surface area contributed by atoms with Crippen LogP contribution in [0.15, 0.2) is 0 Å². The van der Waals surface area contributed by atoms with E-state index in [0.717, 1.165) is 4.31 Å². The average Bonchev–Trinajstić information content (AvgIpc) is 2.54. The first-order valence-electron chi connectivity index (χ1n) is 5.76. The minimum Gasteiger partial charge on any atom is -0.481 e. The Morgan fingerprint density at radius 3 is 2.67 bits per heavy atom. The predicted molar refractivity (Wildman–Crippen MR) is 65.4 cm³/mol. The first-order valence-corrected chi connectivity index (χ1v) is 7.20. The number of hydrogen-bond acceptors (Lipinski definition) is 4. The molecule has 106 valence electrons. The fraction of sp³-hybridized carbons (Fsp3) is 0.900. The van der Waals surface area contributed by atoms with Crippen molar-refractivity contribution in [2.45, 2.75) is 38.3 Å². The minimum absolute atomic E-state index is 0.0595. The second-order valence-electron chi connectivity index (χ2n) is 4.75. The van der Waals surface area contributed by atoms with Gasteiger partial charge in [0.25, 0.3) is 10.2 Å². The van der Waals surface area contributed by atoms with Gasteiger partial charge in [-0.15, -0.1) is 0 Å². The molecule has 0 radical (unpaired) electrons. The van der Waals surface area contributed by atoms with Gasteiger partial charge in [0.1, 0.15) is 0 Å². The lowest BCUT2D eigenvalue weighted by Crippen LogP contribution is -2.54. The quantitative estimate of drug-likeness (QED) is 0.702. The van der Waals surface area contributed by atoms with Gasteiger partial charge in [0, 0.05) is 20.2 Å². The smallest absolute Gasteiger partial charge is 0.304 e. The summed E-state index contributed by atoms with van der Waals surface area (Å²) < 4.78 is 33.0. The Hall–Kier alpha value is -0.700. The number of rotatable bonds is 6. The molecule has 0 aliphatic carbocycles. The molecule has 1 aliphatic heterocycles. The van der Waals surface area contributed by atoms with E-state index in [4.69, 9.17) is 9.84 Å². The summed E-state index contributed by atoms with van der Waals surface area (Å²) in [4.78, 5) is 10.4. The van der Waals surface area contributed by atoms with Crippen molar-refractivity contribution in [2.24, 2.45) is 0 Å². The van der Waals surface area contributed by atoms with Gasteiger partial charge in [-0.25, -0.2) is 0 Å². The van der Waals surface area contributed by atoms with Crippen molar-refractivity contribution in [1.29, 1.82) is 0 Å². The van der Waals surface area contributed by atoms with Crippen LogP contribution in [-0.4, -0.2) is 55.6 Å². The molecule has 2 unspecified atom stereocenters. The van der Waals surface area contributed by atoms with E-state index in [9.17, 15) is 13.2 Å². The molecule has 0 spiro atoms. The topological polar surface area (TPSA) is 95.9 Å². The molecule has 7 nitrogen and oxygen atoms in total. The number of ether oxygens (including phenoxy) is 1. The maximum Gasteiger partial charge on any atom is 0.304 e. The first-order chi connectivity index (χ1) is 8.17. The van der Waals surface area contributed by atoms with Crippen molar-refractivity contribution in [1.82, 2.24) is 9.03 Å². The van der Waals surface area contributed by atoms with Crippen molar-refractivity contribution in [3.8, 4) is 0 Å². The molecule has 18 heavy (non-hydrogen) atoms. The number of hydrogen-bond donors (Lipinski definition) is 2. The zero-order chi connectivity index (χ0) is 14.0. The summed E-state index contributed by atoms with van der Waals surface area (Å²) in [5.41, 5.74) is -0.643. The molecule has 1 aliphatic rings. The highest BCUT2D eigenvalue weighted by Gasteiger charge is 2.41. The lowest BCUT2D eigenvalue weighted by atomic mass is 9.97. The van der Waals surface area contributed by atoms with Crippen molar-refractivity contribution < 1.29 is 23.1 Å². The third kappa shape index (κ3) is 3.64. The SMILES string of the molecule is CC1OCCC1(C)NS(=O)(=O)N(C)CCC(=O)O. The fourth-order valence-corrected chi connectivity index (χ4v) is 3.06. The zero-order valence-corrected chi connectivity index (χ0v) is 11.7. The molecular formula is C10H20N2O5S. The van der Waals surface area contributed by atoms with Gasteiger partial charge in [-0.3, -0.25) is 4.79 Å². The number of nitrogens with one attached hydrogen (secondary N) is 1. The molecule has 0 aromatic heterocycles. The monoisotopic (exact) mass is 280 g/mol. The molecule has 0 aromatic carbocycles. The van der Waals surface area contributed by atoms with Gasteiger partial charge in [-0.1, -0.05) is 0 Å². The normalized spacial score (nSPS) is 28.8. The van der Waals surface area contributed by atoms with E-state index in [1.807, 2.05) is 6.92 Å². The average molecular weight is 280 g/mol. The largest absolute Gasteiger partial charge is 0.481 e. The summed E-state index contributed by atoms with van der Waals surface area (Å²) >= 11 is 0. The van der Waals surface area contributed by atoms with Crippen molar-refractivity contribution >= 4 is 16.2 Å². The van der Waals surface area contributed by atoms with E-state index in [1.165, 1.54) is 7.05 Å². The number of nitrogens with zero attached hydrogens (tertiary/aromatic N) is 1. The molecule has 2 N–H and O–H groups in total. The Bertz CT molecular complexity index is 410. The van der Waals surface area contributed by atoms with Gasteiger partial charge in [0.05, 0.1) is 18.1 Å². The lowest BCUT2D eigenvalue weighted by molar-refractivity contribution is -0.137. The Balaban J connectivity index is 2.66. The van der Waals surface area contributed by atoms with Crippen LogP contribution in [0.4, 0.5) is 0 Å². The van der Waals surface area contributed by atoms with Crippen LogP contribution in [0.1, 0.15) is 26.7 Å². The summed E-state index contributed by atoms with van der Waals surface area (Å²) in [5, 5.41) is 8.54.